The molecule has 0 unspecified atom stereocenters. The number of pyridine rings is 1. The van der Waals surface area contributed by atoms with Crippen molar-refractivity contribution < 1.29 is 4.74 Å². The van der Waals surface area contributed by atoms with E-state index in [4.69, 9.17) is 4.74 Å². The summed E-state index contributed by atoms with van der Waals surface area (Å²) in [5.74, 6) is 0.796. The van der Waals surface area contributed by atoms with Crippen LogP contribution in [0.4, 0.5) is 0 Å². The Kier molecular flexibility index (Phi) is 5.40. The normalized spacial score (nSPS) is 10.6. The lowest BCUT2D eigenvalue weighted by Crippen LogP contribution is -2.19. The second-order valence-electron chi connectivity index (χ2n) is 4.13. The first-order valence-corrected chi connectivity index (χ1v) is 6.29. The summed E-state index contributed by atoms with van der Waals surface area (Å²) in [6.07, 6.45) is 4.23. The summed E-state index contributed by atoms with van der Waals surface area (Å²) in [6, 6.07) is 7.77. The Hall–Kier alpha value is -1.85. The molecular formula is C14H18N4O. The first-order chi connectivity index (χ1) is 9.38. The molecule has 2 aromatic heterocycles. The topological polar surface area (TPSA) is 59.9 Å². The van der Waals surface area contributed by atoms with Gasteiger partial charge in [-0.3, -0.25) is 4.98 Å². The molecular weight excluding hydrogens is 240 g/mol. The van der Waals surface area contributed by atoms with Crippen LogP contribution in [0.5, 0.6) is 0 Å². The highest BCUT2D eigenvalue weighted by Crippen LogP contribution is 2.02. The minimum absolute atomic E-state index is 0.659. The highest BCUT2D eigenvalue weighted by Gasteiger charge is 2.01. The first kappa shape index (κ1) is 13.6. The van der Waals surface area contributed by atoms with Crippen molar-refractivity contribution in [3.8, 4) is 0 Å². The predicted octanol–water partition coefficient (Wildman–Crippen LogP) is 1.20. The van der Waals surface area contributed by atoms with Crippen molar-refractivity contribution in [3.05, 3.63) is 53.9 Å². The molecule has 2 rings (SSSR count). The zero-order chi connectivity index (χ0) is 13.3. The molecule has 100 valence electrons. The van der Waals surface area contributed by atoms with Crippen LogP contribution in [0.2, 0.25) is 0 Å². The van der Waals surface area contributed by atoms with E-state index in [9.17, 15) is 0 Å². The van der Waals surface area contributed by atoms with Gasteiger partial charge in [0.15, 0.2) is 0 Å². The molecule has 19 heavy (non-hydrogen) atoms. The summed E-state index contributed by atoms with van der Waals surface area (Å²) < 4.78 is 4.98. The summed E-state index contributed by atoms with van der Waals surface area (Å²) in [7, 11) is 1.69. The fraction of sp³-hybridized carbons (Fsp3) is 0.357. The van der Waals surface area contributed by atoms with Gasteiger partial charge < -0.3 is 10.1 Å². The molecule has 0 aliphatic heterocycles. The van der Waals surface area contributed by atoms with Gasteiger partial charge in [-0.1, -0.05) is 6.07 Å². The Bertz CT molecular complexity index is 490. The van der Waals surface area contributed by atoms with Gasteiger partial charge in [0.25, 0.3) is 0 Å². The smallest absolute Gasteiger partial charge is 0.134 e. The van der Waals surface area contributed by atoms with Crippen molar-refractivity contribution >= 4 is 0 Å². The van der Waals surface area contributed by atoms with E-state index >= 15 is 0 Å². The Morgan fingerprint density at radius 1 is 1.11 bits per heavy atom. The molecule has 2 aromatic rings. The summed E-state index contributed by atoms with van der Waals surface area (Å²) in [5.41, 5.74) is 1.96. The van der Waals surface area contributed by atoms with Crippen LogP contribution < -0.4 is 5.32 Å². The fourth-order valence-corrected chi connectivity index (χ4v) is 1.68. The van der Waals surface area contributed by atoms with E-state index in [2.05, 4.69) is 20.3 Å². The van der Waals surface area contributed by atoms with Crippen molar-refractivity contribution in [1.29, 1.82) is 0 Å². The van der Waals surface area contributed by atoms with Crippen LogP contribution >= 0.6 is 0 Å². The zero-order valence-electron chi connectivity index (χ0n) is 11.0. The summed E-state index contributed by atoms with van der Waals surface area (Å²) in [5, 5.41) is 3.26. The molecule has 5 heteroatoms. The Labute approximate surface area is 113 Å². The highest BCUT2D eigenvalue weighted by atomic mass is 16.5. The quantitative estimate of drug-likeness (QED) is 0.756. The number of rotatable bonds is 7. The molecule has 0 bridgehead atoms. The van der Waals surface area contributed by atoms with E-state index < -0.39 is 0 Å². The van der Waals surface area contributed by atoms with Crippen LogP contribution in [0, 0.1) is 0 Å². The molecule has 0 aliphatic carbocycles. The molecule has 0 aromatic carbocycles. The van der Waals surface area contributed by atoms with E-state index in [-0.39, 0.29) is 0 Å². The number of methoxy groups -OCH3 is 1. The SMILES string of the molecule is COCCNCc1ccnc(Cc2ccccn2)n1. The number of hydrogen-bond acceptors (Lipinski definition) is 5. The molecule has 0 fully saturated rings. The third-order valence-electron chi connectivity index (χ3n) is 2.62. The molecule has 0 aliphatic rings. The molecule has 0 amide bonds. The number of ether oxygens (including phenoxy) is 1. The Morgan fingerprint density at radius 2 is 2.05 bits per heavy atom. The van der Waals surface area contributed by atoms with E-state index in [1.54, 1.807) is 19.5 Å². The number of nitrogens with one attached hydrogen (secondary N) is 1. The van der Waals surface area contributed by atoms with Gasteiger partial charge in [0.1, 0.15) is 5.82 Å². The summed E-state index contributed by atoms with van der Waals surface area (Å²) in [4.78, 5) is 13.1. The van der Waals surface area contributed by atoms with Crippen molar-refractivity contribution in [2.75, 3.05) is 20.3 Å². The largest absolute Gasteiger partial charge is 0.383 e. The van der Waals surface area contributed by atoms with E-state index in [1.807, 2.05) is 24.3 Å². The Balaban J connectivity index is 1.91. The maximum Gasteiger partial charge on any atom is 0.134 e. The number of nitrogens with zero attached hydrogens (tertiary/aromatic N) is 3. The second-order valence-corrected chi connectivity index (χ2v) is 4.13. The van der Waals surface area contributed by atoms with Gasteiger partial charge in [-0.05, 0) is 18.2 Å². The lowest BCUT2D eigenvalue weighted by Gasteiger charge is -2.05. The van der Waals surface area contributed by atoms with Gasteiger partial charge in [0, 0.05) is 38.3 Å². The monoisotopic (exact) mass is 258 g/mol. The molecule has 0 radical (unpaired) electrons. The molecule has 0 saturated heterocycles. The molecule has 5 nitrogen and oxygen atoms in total. The van der Waals surface area contributed by atoms with Crippen LogP contribution in [0.25, 0.3) is 0 Å². The van der Waals surface area contributed by atoms with Gasteiger partial charge in [-0.15, -0.1) is 0 Å². The molecule has 1 N–H and O–H groups in total. The van der Waals surface area contributed by atoms with Crippen LogP contribution in [-0.4, -0.2) is 35.2 Å². The van der Waals surface area contributed by atoms with Gasteiger partial charge in [0.05, 0.1) is 18.7 Å². The summed E-state index contributed by atoms with van der Waals surface area (Å²) in [6.45, 7) is 2.24. The standard InChI is InChI=1S/C14H18N4O/c1-19-9-8-15-11-13-5-7-17-14(18-13)10-12-4-2-3-6-16-12/h2-7,15H,8-11H2,1H3. The summed E-state index contributed by atoms with van der Waals surface area (Å²) >= 11 is 0. The van der Waals surface area contributed by atoms with Crippen LogP contribution in [0.3, 0.4) is 0 Å². The lowest BCUT2D eigenvalue weighted by atomic mass is 10.2. The van der Waals surface area contributed by atoms with Crippen molar-refractivity contribution in [2.24, 2.45) is 0 Å². The Morgan fingerprint density at radius 3 is 2.84 bits per heavy atom. The van der Waals surface area contributed by atoms with Gasteiger partial charge in [0.2, 0.25) is 0 Å². The predicted molar refractivity (Wildman–Crippen MR) is 72.7 cm³/mol. The van der Waals surface area contributed by atoms with E-state index in [0.29, 0.717) is 13.0 Å². The minimum atomic E-state index is 0.659. The van der Waals surface area contributed by atoms with Crippen LogP contribution in [0.15, 0.2) is 36.7 Å². The average molecular weight is 258 g/mol. The average Bonchev–Trinajstić information content (AvgIpc) is 2.45. The van der Waals surface area contributed by atoms with Crippen molar-refractivity contribution in [1.82, 2.24) is 20.3 Å². The third-order valence-corrected chi connectivity index (χ3v) is 2.62. The zero-order valence-corrected chi connectivity index (χ0v) is 11.0. The highest BCUT2D eigenvalue weighted by molar-refractivity contribution is 5.11. The molecule has 0 saturated carbocycles. The van der Waals surface area contributed by atoms with E-state index in [1.165, 1.54) is 0 Å². The molecule has 0 spiro atoms. The maximum atomic E-state index is 4.98. The number of aromatic nitrogens is 3. The second kappa shape index (κ2) is 7.56. The first-order valence-electron chi connectivity index (χ1n) is 6.29. The van der Waals surface area contributed by atoms with Crippen LogP contribution in [-0.2, 0) is 17.7 Å². The van der Waals surface area contributed by atoms with Gasteiger partial charge in [-0.25, -0.2) is 9.97 Å². The fourth-order valence-electron chi connectivity index (χ4n) is 1.68. The number of hydrogen-bond donors (Lipinski definition) is 1. The molecule has 2 heterocycles. The third kappa shape index (κ3) is 4.73. The van der Waals surface area contributed by atoms with E-state index in [0.717, 1.165) is 30.3 Å². The lowest BCUT2D eigenvalue weighted by molar-refractivity contribution is 0.199. The van der Waals surface area contributed by atoms with Gasteiger partial charge >= 0.3 is 0 Å². The van der Waals surface area contributed by atoms with Crippen molar-refractivity contribution in [3.63, 3.8) is 0 Å². The maximum absolute atomic E-state index is 4.98. The molecule has 0 atom stereocenters. The van der Waals surface area contributed by atoms with Crippen LogP contribution in [0.1, 0.15) is 17.2 Å². The minimum Gasteiger partial charge on any atom is -0.383 e. The van der Waals surface area contributed by atoms with Crippen molar-refractivity contribution in [2.45, 2.75) is 13.0 Å². The van der Waals surface area contributed by atoms with Gasteiger partial charge in [-0.2, -0.15) is 0 Å².